The number of halogens is 4. The number of guanidine groups is 1. The number of sulfonamides is 1. The van der Waals surface area contributed by atoms with Gasteiger partial charge < -0.3 is 15.4 Å². The minimum absolute atomic E-state index is 0. The molecule has 0 saturated carbocycles. The first kappa shape index (κ1) is 26.8. The van der Waals surface area contributed by atoms with Crippen molar-refractivity contribution in [1.82, 2.24) is 14.9 Å². The van der Waals surface area contributed by atoms with Crippen molar-refractivity contribution in [2.45, 2.75) is 37.7 Å². The quantitative estimate of drug-likeness (QED) is 0.220. The molecule has 0 atom stereocenters. The monoisotopic (exact) mass is 564 g/mol. The van der Waals surface area contributed by atoms with E-state index in [1.165, 1.54) is 0 Å². The second kappa shape index (κ2) is 12.5. The van der Waals surface area contributed by atoms with Gasteiger partial charge in [-0.3, -0.25) is 4.99 Å². The summed E-state index contributed by atoms with van der Waals surface area (Å²) in [5.74, 6) is 1.35. The molecular weight excluding hydrogens is 536 g/mol. The zero-order chi connectivity index (χ0) is 21.3. The fourth-order valence-corrected chi connectivity index (χ4v) is 3.85. The molecule has 1 aliphatic heterocycles. The predicted octanol–water partition coefficient (Wildman–Crippen LogP) is 2.94. The highest BCUT2D eigenvalue weighted by Gasteiger charge is 2.50. The summed E-state index contributed by atoms with van der Waals surface area (Å²) < 4.78 is 67.0. The van der Waals surface area contributed by atoms with Gasteiger partial charge in [0.15, 0.2) is 5.96 Å². The van der Waals surface area contributed by atoms with Crippen molar-refractivity contribution >= 4 is 40.0 Å². The lowest BCUT2D eigenvalue weighted by Crippen LogP contribution is -2.51. The summed E-state index contributed by atoms with van der Waals surface area (Å²) in [7, 11) is -5.26. The summed E-state index contributed by atoms with van der Waals surface area (Å²) in [6, 6.07) is 9.31. The third-order valence-electron chi connectivity index (χ3n) is 4.36. The lowest BCUT2D eigenvalue weighted by atomic mass is 10.1. The Hall–Kier alpha value is -1.28. The van der Waals surface area contributed by atoms with Gasteiger partial charge in [0.25, 0.3) is 0 Å². The number of para-hydroxylation sites is 1. The molecule has 0 unspecified atom stereocenters. The van der Waals surface area contributed by atoms with E-state index in [0.717, 1.165) is 5.75 Å². The summed E-state index contributed by atoms with van der Waals surface area (Å²) in [4.78, 5) is 4.45. The Bertz CT molecular complexity index is 756. The summed E-state index contributed by atoms with van der Waals surface area (Å²) in [5, 5.41) is 6.26. The van der Waals surface area contributed by atoms with Crippen LogP contribution in [0.4, 0.5) is 13.2 Å². The van der Waals surface area contributed by atoms with E-state index in [-0.39, 0.29) is 55.9 Å². The van der Waals surface area contributed by atoms with Gasteiger partial charge >= 0.3 is 15.5 Å². The number of hydrogen-bond acceptors (Lipinski definition) is 4. The molecule has 2 N–H and O–H groups in total. The van der Waals surface area contributed by atoms with Crippen LogP contribution in [0, 0.1) is 0 Å². The highest BCUT2D eigenvalue weighted by atomic mass is 127. The maximum atomic E-state index is 12.7. The van der Waals surface area contributed by atoms with Crippen LogP contribution in [-0.4, -0.2) is 63.0 Å². The second-order valence-corrected chi connectivity index (χ2v) is 8.47. The average Bonchev–Trinajstić information content (AvgIpc) is 2.68. The molecule has 0 bridgehead atoms. The topological polar surface area (TPSA) is 83.0 Å². The molecule has 12 heteroatoms. The van der Waals surface area contributed by atoms with Gasteiger partial charge in [-0.1, -0.05) is 18.2 Å². The van der Waals surface area contributed by atoms with Gasteiger partial charge in [-0.25, -0.2) is 8.42 Å². The number of benzene rings is 1. The molecule has 0 aliphatic carbocycles. The molecule has 1 aromatic rings. The Morgan fingerprint density at radius 1 is 1.23 bits per heavy atom. The SMILES string of the molecule is CCNC(=NCCCOc1ccccc1)NC1CCN(S(=O)(=O)C(F)(F)F)CC1.I. The number of alkyl halides is 3. The number of ether oxygens (including phenoxy) is 1. The van der Waals surface area contributed by atoms with Gasteiger partial charge in [-0.2, -0.15) is 17.5 Å². The zero-order valence-corrected chi connectivity index (χ0v) is 19.8. The van der Waals surface area contributed by atoms with E-state index in [1.54, 1.807) is 0 Å². The van der Waals surface area contributed by atoms with Crippen molar-refractivity contribution in [3.63, 3.8) is 0 Å². The van der Waals surface area contributed by atoms with Crippen LogP contribution in [0.3, 0.4) is 0 Å². The van der Waals surface area contributed by atoms with Crippen molar-refractivity contribution in [3.8, 4) is 5.75 Å². The maximum Gasteiger partial charge on any atom is 0.511 e. The second-order valence-electron chi connectivity index (χ2n) is 6.54. The Morgan fingerprint density at radius 3 is 2.43 bits per heavy atom. The van der Waals surface area contributed by atoms with Crippen molar-refractivity contribution < 1.29 is 26.3 Å². The Morgan fingerprint density at radius 2 is 1.87 bits per heavy atom. The third-order valence-corrected chi connectivity index (χ3v) is 5.99. The number of piperidine rings is 1. The van der Waals surface area contributed by atoms with Crippen molar-refractivity contribution in [2.75, 3.05) is 32.8 Å². The summed E-state index contributed by atoms with van der Waals surface area (Å²) in [5.41, 5.74) is -5.26. The summed E-state index contributed by atoms with van der Waals surface area (Å²) >= 11 is 0. The predicted molar refractivity (Wildman–Crippen MR) is 121 cm³/mol. The van der Waals surface area contributed by atoms with Crippen molar-refractivity contribution in [3.05, 3.63) is 30.3 Å². The first-order valence-electron chi connectivity index (χ1n) is 9.53. The van der Waals surface area contributed by atoms with E-state index in [2.05, 4.69) is 15.6 Å². The largest absolute Gasteiger partial charge is 0.511 e. The third kappa shape index (κ3) is 8.10. The molecule has 7 nitrogen and oxygen atoms in total. The van der Waals surface area contributed by atoms with Gasteiger partial charge in [0.1, 0.15) is 5.75 Å². The molecule has 1 heterocycles. The number of nitrogens with zero attached hydrogens (tertiary/aromatic N) is 2. The molecule has 0 amide bonds. The molecule has 172 valence electrons. The molecule has 1 aromatic carbocycles. The van der Waals surface area contributed by atoms with Crippen molar-refractivity contribution in [1.29, 1.82) is 0 Å². The van der Waals surface area contributed by atoms with Gasteiger partial charge in [-0.15, -0.1) is 24.0 Å². The van der Waals surface area contributed by atoms with E-state index in [4.69, 9.17) is 4.74 Å². The van der Waals surface area contributed by atoms with Crippen LogP contribution in [0.25, 0.3) is 0 Å². The number of nitrogens with one attached hydrogen (secondary N) is 2. The minimum Gasteiger partial charge on any atom is -0.494 e. The minimum atomic E-state index is -5.26. The number of aliphatic imine (C=N–C) groups is 1. The van der Waals surface area contributed by atoms with Crippen LogP contribution in [-0.2, 0) is 10.0 Å². The van der Waals surface area contributed by atoms with Crippen LogP contribution in [0.1, 0.15) is 26.2 Å². The van der Waals surface area contributed by atoms with Crippen LogP contribution in [0.15, 0.2) is 35.3 Å². The van der Waals surface area contributed by atoms with E-state index < -0.39 is 15.5 Å². The van der Waals surface area contributed by atoms with Crippen LogP contribution in [0.2, 0.25) is 0 Å². The Balaban J connectivity index is 0.00000450. The lowest BCUT2D eigenvalue weighted by molar-refractivity contribution is -0.0494. The lowest BCUT2D eigenvalue weighted by Gasteiger charge is -2.32. The standard InChI is InChI=1S/C18H27F3N4O3S.HI/c1-2-22-17(23-11-6-14-28-16-7-4-3-5-8-16)24-15-9-12-25(13-10-15)29(26,27)18(19,20)21;/h3-5,7-8,15H,2,6,9-14H2,1H3,(H2,22,23,24);1H. The van der Waals surface area contributed by atoms with E-state index in [1.807, 2.05) is 37.3 Å². The smallest absolute Gasteiger partial charge is 0.494 e. The Kier molecular flexibility index (Phi) is 11.2. The van der Waals surface area contributed by atoms with Gasteiger partial charge in [-0.05, 0) is 31.9 Å². The first-order chi connectivity index (χ1) is 13.7. The van der Waals surface area contributed by atoms with Gasteiger partial charge in [0.05, 0.1) is 6.61 Å². The van der Waals surface area contributed by atoms with E-state index in [9.17, 15) is 21.6 Å². The molecular formula is C18H28F3IN4O3S. The first-order valence-corrected chi connectivity index (χ1v) is 11.0. The van der Waals surface area contributed by atoms with E-state index in [0.29, 0.717) is 36.4 Å². The molecule has 0 radical (unpaired) electrons. The highest BCUT2D eigenvalue weighted by molar-refractivity contribution is 14.0. The summed E-state index contributed by atoms with van der Waals surface area (Å²) in [6.07, 6.45) is 1.25. The van der Waals surface area contributed by atoms with Crippen LogP contribution in [0.5, 0.6) is 5.75 Å². The maximum absolute atomic E-state index is 12.7. The molecule has 1 saturated heterocycles. The van der Waals surface area contributed by atoms with Crippen LogP contribution >= 0.6 is 24.0 Å². The van der Waals surface area contributed by atoms with Crippen LogP contribution < -0.4 is 15.4 Å². The highest BCUT2D eigenvalue weighted by Crippen LogP contribution is 2.28. The molecule has 2 rings (SSSR count). The fourth-order valence-electron chi connectivity index (χ4n) is 2.86. The number of rotatable bonds is 8. The molecule has 1 aliphatic rings. The van der Waals surface area contributed by atoms with E-state index >= 15 is 0 Å². The molecule has 30 heavy (non-hydrogen) atoms. The fraction of sp³-hybridized carbons (Fsp3) is 0.611. The summed E-state index contributed by atoms with van der Waals surface area (Å²) in [6.45, 7) is 3.22. The zero-order valence-electron chi connectivity index (χ0n) is 16.7. The van der Waals surface area contributed by atoms with Crippen molar-refractivity contribution in [2.24, 2.45) is 4.99 Å². The van der Waals surface area contributed by atoms with Gasteiger partial charge in [0, 0.05) is 38.6 Å². The molecule has 0 aromatic heterocycles. The normalized spacial score (nSPS) is 16.6. The molecule has 1 fully saturated rings. The molecule has 0 spiro atoms. The van der Waals surface area contributed by atoms with Gasteiger partial charge in [0.2, 0.25) is 0 Å². The average molecular weight is 564 g/mol. The number of hydrogen-bond donors (Lipinski definition) is 2. The Labute approximate surface area is 192 Å².